The summed E-state index contributed by atoms with van der Waals surface area (Å²) in [5, 5.41) is 0. The van der Waals surface area contributed by atoms with Crippen molar-refractivity contribution in [2.24, 2.45) is 0 Å². The predicted octanol–water partition coefficient (Wildman–Crippen LogP) is 3.81. The number of nitrogens with zero attached hydrogens (tertiary/aromatic N) is 2. The molecule has 0 spiro atoms. The van der Waals surface area contributed by atoms with Gasteiger partial charge in [0.1, 0.15) is 0 Å². The number of hydrogen-bond acceptors (Lipinski definition) is 4. The number of carbonyl (C=O) groups excluding carboxylic acids is 1. The Morgan fingerprint density at radius 1 is 0.828 bits per heavy atom. The maximum atomic E-state index is 13.0. The molecule has 3 aromatic rings. The second-order valence-electron chi connectivity index (χ2n) is 6.37. The summed E-state index contributed by atoms with van der Waals surface area (Å²) in [5.41, 5.74) is 3.09. The molecule has 0 aliphatic carbocycles. The summed E-state index contributed by atoms with van der Waals surface area (Å²) in [6.45, 7) is 0. The van der Waals surface area contributed by atoms with E-state index in [9.17, 15) is 13.2 Å². The van der Waals surface area contributed by atoms with E-state index in [-0.39, 0.29) is 10.8 Å². The molecule has 0 bridgehead atoms. The van der Waals surface area contributed by atoms with Gasteiger partial charge in [0.15, 0.2) is 0 Å². The number of rotatable bonds is 6. The lowest BCUT2D eigenvalue weighted by Gasteiger charge is -2.21. The fourth-order valence-corrected chi connectivity index (χ4v) is 3.92. The van der Waals surface area contributed by atoms with Gasteiger partial charge in [-0.2, -0.15) is 0 Å². The topological polar surface area (TPSA) is 66.9 Å². The highest BCUT2D eigenvalue weighted by Gasteiger charge is 2.22. The SMILES string of the molecule is CON(C)S(=O)(=O)c1ccc(C(=O)N(C)c2ccccc2-c2ccccc2)cc1. The molecule has 6 nitrogen and oxygen atoms in total. The first-order valence-corrected chi connectivity index (χ1v) is 10.4. The minimum Gasteiger partial charge on any atom is -0.311 e. The molecule has 3 aromatic carbocycles. The van der Waals surface area contributed by atoms with E-state index in [0.717, 1.165) is 21.3 Å². The van der Waals surface area contributed by atoms with E-state index in [1.807, 2.05) is 54.6 Å². The van der Waals surface area contributed by atoms with Gasteiger partial charge < -0.3 is 4.90 Å². The standard InChI is InChI=1S/C22H22N2O4S/c1-23(21-12-8-7-11-20(21)17-9-5-4-6-10-17)22(25)18-13-15-19(16-14-18)29(26,27)24(2)28-3/h4-16H,1-3H3. The van der Waals surface area contributed by atoms with E-state index in [1.54, 1.807) is 11.9 Å². The molecular formula is C22H22N2O4S. The molecule has 0 N–H and O–H groups in total. The quantitative estimate of drug-likeness (QED) is 0.580. The molecule has 0 aliphatic rings. The third-order valence-electron chi connectivity index (χ3n) is 4.65. The molecule has 0 aliphatic heterocycles. The molecule has 7 heteroatoms. The molecule has 0 fully saturated rings. The van der Waals surface area contributed by atoms with Gasteiger partial charge in [-0.1, -0.05) is 53.0 Å². The van der Waals surface area contributed by atoms with Gasteiger partial charge in [-0.15, -0.1) is 0 Å². The maximum Gasteiger partial charge on any atom is 0.264 e. The molecule has 0 atom stereocenters. The molecule has 0 radical (unpaired) electrons. The second kappa shape index (κ2) is 8.57. The third-order valence-corrected chi connectivity index (χ3v) is 6.34. The summed E-state index contributed by atoms with van der Waals surface area (Å²) >= 11 is 0. The summed E-state index contributed by atoms with van der Waals surface area (Å²) in [4.78, 5) is 19.4. The molecule has 0 heterocycles. The zero-order valence-electron chi connectivity index (χ0n) is 16.4. The number of benzene rings is 3. The summed E-state index contributed by atoms with van der Waals surface area (Å²) in [6.07, 6.45) is 0. The lowest BCUT2D eigenvalue weighted by atomic mass is 10.0. The van der Waals surface area contributed by atoms with Crippen molar-refractivity contribution in [1.82, 2.24) is 4.47 Å². The van der Waals surface area contributed by atoms with Crippen LogP contribution in [-0.4, -0.2) is 40.0 Å². The van der Waals surface area contributed by atoms with Crippen molar-refractivity contribution in [2.45, 2.75) is 4.90 Å². The molecule has 150 valence electrons. The first-order chi connectivity index (χ1) is 13.9. The number of hydrogen-bond donors (Lipinski definition) is 0. The highest BCUT2D eigenvalue weighted by atomic mass is 32.2. The Hall–Kier alpha value is -3.00. The van der Waals surface area contributed by atoms with Gasteiger partial charge in [-0.3, -0.25) is 9.63 Å². The van der Waals surface area contributed by atoms with Crippen molar-refractivity contribution in [2.75, 3.05) is 26.1 Å². The van der Waals surface area contributed by atoms with Crippen LogP contribution in [0.1, 0.15) is 10.4 Å². The lowest BCUT2D eigenvalue weighted by molar-refractivity contribution is -0.0258. The monoisotopic (exact) mass is 410 g/mol. The number of hydroxylamine groups is 1. The average Bonchev–Trinajstić information content (AvgIpc) is 2.78. The van der Waals surface area contributed by atoms with Crippen molar-refractivity contribution >= 4 is 21.6 Å². The van der Waals surface area contributed by atoms with E-state index in [2.05, 4.69) is 0 Å². The fourth-order valence-electron chi connectivity index (χ4n) is 2.95. The fraction of sp³-hybridized carbons (Fsp3) is 0.136. The first kappa shape index (κ1) is 20.7. The smallest absolute Gasteiger partial charge is 0.264 e. The van der Waals surface area contributed by atoms with Gasteiger partial charge in [0, 0.05) is 25.2 Å². The molecule has 0 saturated carbocycles. The summed E-state index contributed by atoms with van der Waals surface area (Å²) in [5.74, 6) is -0.238. The highest BCUT2D eigenvalue weighted by Crippen LogP contribution is 2.30. The molecule has 0 aromatic heterocycles. The van der Waals surface area contributed by atoms with Crippen LogP contribution in [0.5, 0.6) is 0 Å². The van der Waals surface area contributed by atoms with Crippen LogP contribution >= 0.6 is 0 Å². The Bertz CT molecular complexity index is 1100. The highest BCUT2D eigenvalue weighted by molar-refractivity contribution is 7.89. The van der Waals surface area contributed by atoms with E-state index in [1.165, 1.54) is 38.4 Å². The Morgan fingerprint density at radius 3 is 2.03 bits per heavy atom. The number of para-hydroxylation sites is 1. The Labute approximate surface area is 171 Å². The maximum absolute atomic E-state index is 13.0. The number of amides is 1. The Kier molecular flexibility index (Phi) is 6.12. The summed E-state index contributed by atoms with van der Waals surface area (Å²) in [7, 11) is 0.522. The van der Waals surface area contributed by atoms with Crippen molar-refractivity contribution in [3.05, 3.63) is 84.4 Å². The van der Waals surface area contributed by atoms with Crippen LogP contribution in [0.4, 0.5) is 5.69 Å². The average molecular weight is 410 g/mol. The van der Waals surface area contributed by atoms with E-state index in [4.69, 9.17) is 4.84 Å². The van der Waals surface area contributed by atoms with Crippen LogP contribution in [0, 0.1) is 0 Å². The first-order valence-electron chi connectivity index (χ1n) is 8.92. The van der Waals surface area contributed by atoms with Crippen molar-refractivity contribution in [3.63, 3.8) is 0 Å². The lowest BCUT2D eigenvalue weighted by Crippen LogP contribution is -2.27. The minimum atomic E-state index is -3.76. The van der Waals surface area contributed by atoms with Crippen LogP contribution in [0.25, 0.3) is 11.1 Å². The largest absolute Gasteiger partial charge is 0.311 e. The van der Waals surface area contributed by atoms with Crippen molar-refractivity contribution in [1.29, 1.82) is 0 Å². The number of sulfonamides is 1. The molecular weight excluding hydrogens is 388 g/mol. The van der Waals surface area contributed by atoms with E-state index >= 15 is 0 Å². The summed E-state index contributed by atoms with van der Waals surface area (Å²) < 4.78 is 25.4. The van der Waals surface area contributed by atoms with Gasteiger partial charge in [-0.05, 0) is 35.9 Å². The molecule has 3 rings (SSSR count). The molecule has 1 amide bonds. The number of anilines is 1. The van der Waals surface area contributed by atoms with E-state index < -0.39 is 10.0 Å². The van der Waals surface area contributed by atoms with Crippen LogP contribution in [0.15, 0.2) is 83.8 Å². The van der Waals surface area contributed by atoms with Crippen LogP contribution < -0.4 is 4.90 Å². The van der Waals surface area contributed by atoms with Crippen molar-refractivity contribution in [3.8, 4) is 11.1 Å². The van der Waals surface area contributed by atoms with Crippen molar-refractivity contribution < 1.29 is 18.0 Å². The van der Waals surface area contributed by atoms with Gasteiger partial charge in [0.25, 0.3) is 15.9 Å². The van der Waals surface area contributed by atoms with Gasteiger partial charge in [0.05, 0.1) is 17.7 Å². The summed E-state index contributed by atoms with van der Waals surface area (Å²) in [6, 6.07) is 23.3. The minimum absolute atomic E-state index is 0.0470. The number of carbonyl (C=O) groups is 1. The van der Waals surface area contributed by atoms with Crippen LogP contribution in [-0.2, 0) is 14.9 Å². The Morgan fingerprint density at radius 2 is 1.41 bits per heavy atom. The normalized spacial score (nSPS) is 11.4. The van der Waals surface area contributed by atoms with Gasteiger partial charge in [-0.25, -0.2) is 8.42 Å². The zero-order chi connectivity index (χ0) is 21.0. The zero-order valence-corrected chi connectivity index (χ0v) is 17.3. The van der Waals surface area contributed by atoms with Gasteiger partial charge >= 0.3 is 0 Å². The molecule has 0 unspecified atom stereocenters. The van der Waals surface area contributed by atoms with Gasteiger partial charge in [0.2, 0.25) is 0 Å². The predicted molar refractivity (Wildman–Crippen MR) is 113 cm³/mol. The van der Waals surface area contributed by atoms with Crippen LogP contribution in [0.3, 0.4) is 0 Å². The molecule has 0 saturated heterocycles. The third kappa shape index (κ3) is 4.22. The van der Waals surface area contributed by atoms with Crippen LogP contribution in [0.2, 0.25) is 0 Å². The second-order valence-corrected chi connectivity index (χ2v) is 8.30. The molecule has 29 heavy (non-hydrogen) atoms. The van der Waals surface area contributed by atoms with E-state index in [0.29, 0.717) is 5.56 Å². The Balaban J connectivity index is 1.91.